The number of hydrogen-bond donors (Lipinski definition) is 0. The van der Waals surface area contributed by atoms with Crippen LogP contribution in [-0.2, 0) is 11.3 Å². The van der Waals surface area contributed by atoms with E-state index in [2.05, 4.69) is 4.98 Å². The molecule has 0 fully saturated rings. The van der Waals surface area contributed by atoms with Gasteiger partial charge in [-0.25, -0.2) is 9.78 Å². The molecule has 2 heterocycles. The first-order chi connectivity index (χ1) is 15.3. The third-order valence-electron chi connectivity index (χ3n) is 5.06. The standard InChI is InChI=1S/C25H19ClN2O4/c1-15-7-8-16(2)21(11-15)24(30)19-5-3-4-6-20(19)25(31)32-14-18-12-23(29)28-13-17(26)9-10-22(28)27-18/h3-13H,14H2,1-2H3. The summed E-state index contributed by atoms with van der Waals surface area (Å²) in [5.41, 5.74) is 3.07. The van der Waals surface area contributed by atoms with Gasteiger partial charge in [0.1, 0.15) is 12.3 Å². The van der Waals surface area contributed by atoms with Crippen LogP contribution in [-0.4, -0.2) is 21.1 Å². The Balaban J connectivity index is 1.59. The fraction of sp³-hybridized carbons (Fsp3) is 0.120. The van der Waals surface area contributed by atoms with Crippen molar-refractivity contribution in [2.24, 2.45) is 0 Å². The van der Waals surface area contributed by atoms with Crippen LogP contribution in [0.1, 0.15) is 43.1 Å². The Morgan fingerprint density at radius 3 is 2.50 bits per heavy atom. The van der Waals surface area contributed by atoms with Crippen molar-refractivity contribution in [3.05, 3.63) is 116 Å². The first-order valence-electron chi connectivity index (χ1n) is 9.89. The second-order valence-electron chi connectivity index (χ2n) is 7.43. The average molecular weight is 447 g/mol. The van der Waals surface area contributed by atoms with Crippen LogP contribution in [0.2, 0.25) is 5.02 Å². The second kappa shape index (κ2) is 8.77. The van der Waals surface area contributed by atoms with Crippen LogP contribution < -0.4 is 5.56 Å². The van der Waals surface area contributed by atoms with Crippen molar-refractivity contribution in [2.45, 2.75) is 20.5 Å². The van der Waals surface area contributed by atoms with Crippen molar-refractivity contribution in [3.8, 4) is 0 Å². The van der Waals surface area contributed by atoms with Crippen molar-refractivity contribution in [1.29, 1.82) is 0 Å². The first-order valence-corrected chi connectivity index (χ1v) is 10.3. The molecule has 4 rings (SSSR count). The summed E-state index contributed by atoms with van der Waals surface area (Å²) in [7, 11) is 0. The van der Waals surface area contributed by atoms with Gasteiger partial charge in [-0.3, -0.25) is 14.0 Å². The molecular formula is C25H19ClN2O4. The zero-order valence-electron chi connectivity index (χ0n) is 17.5. The number of esters is 1. The van der Waals surface area contributed by atoms with Crippen LogP contribution in [0.15, 0.2) is 71.7 Å². The molecule has 0 N–H and O–H groups in total. The van der Waals surface area contributed by atoms with Gasteiger partial charge in [0.2, 0.25) is 0 Å². The van der Waals surface area contributed by atoms with Crippen LogP contribution in [0.3, 0.4) is 0 Å². The van der Waals surface area contributed by atoms with Crippen LogP contribution in [0.25, 0.3) is 5.65 Å². The van der Waals surface area contributed by atoms with E-state index in [1.807, 2.05) is 26.0 Å². The van der Waals surface area contributed by atoms with Gasteiger partial charge in [-0.15, -0.1) is 0 Å². The molecule has 0 radical (unpaired) electrons. The fourth-order valence-electron chi connectivity index (χ4n) is 3.40. The molecule has 6 nitrogen and oxygen atoms in total. The van der Waals surface area contributed by atoms with E-state index < -0.39 is 5.97 Å². The van der Waals surface area contributed by atoms with Crippen molar-refractivity contribution in [2.75, 3.05) is 0 Å². The maximum absolute atomic E-state index is 13.2. The van der Waals surface area contributed by atoms with E-state index in [0.29, 0.717) is 21.9 Å². The van der Waals surface area contributed by atoms with Crippen LogP contribution in [0, 0.1) is 13.8 Å². The fourth-order valence-corrected chi connectivity index (χ4v) is 3.56. The Morgan fingerprint density at radius 1 is 0.969 bits per heavy atom. The van der Waals surface area contributed by atoms with E-state index in [-0.39, 0.29) is 29.1 Å². The third kappa shape index (κ3) is 4.31. The van der Waals surface area contributed by atoms with Crippen molar-refractivity contribution < 1.29 is 14.3 Å². The molecule has 2 aromatic heterocycles. The van der Waals surface area contributed by atoms with E-state index in [0.717, 1.165) is 11.1 Å². The summed E-state index contributed by atoms with van der Waals surface area (Å²) in [6.45, 7) is 3.55. The molecule has 0 aliphatic carbocycles. The molecule has 0 aliphatic rings. The molecule has 4 aromatic rings. The molecule has 0 aliphatic heterocycles. The molecule has 160 valence electrons. The highest BCUT2D eigenvalue weighted by Gasteiger charge is 2.20. The molecule has 0 saturated heterocycles. The number of benzene rings is 2. The van der Waals surface area contributed by atoms with Crippen molar-refractivity contribution in [1.82, 2.24) is 9.38 Å². The number of aryl methyl sites for hydroxylation is 2. The Morgan fingerprint density at radius 2 is 1.72 bits per heavy atom. The molecular weight excluding hydrogens is 428 g/mol. The number of nitrogens with zero attached hydrogens (tertiary/aromatic N) is 2. The Labute approximate surface area is 189 Å². The summed E-state index contributed by atoms with van der Waals surface area (Å²) >= 11 is 5.92. The summed E-state index contributed by atoms with van der Waals surface area (Å²) < 4.78 is 6.71. The van der Waals surface area contributed by atoms with Gasteiger partial charge >= 0.3 is 5.97 Å². The van der Waals surface area contributed by atoms with Gasteiger partial charge in [0.25, 0.3) is 5.56 Å². The second-order valence-corrected chi connectivity index (χ2v) is 7.87. The lowest BCUT2D eigenvalue weighted by atomic mass is 9.94. The number of halogens is 1. The number of hydrogen-bond acceptors (Lipinski definition) is 5. The molecule has 0 spiro atoms. The number of pyridine rings is 1. The maximum atomic E-state index is 13.2. The molecule has 0 bridgehead atoms. The zero-order chi connectivity index (χ0) is 22.8. The van der Waals surface area contributed by atoms with Crippen molar-refractivity contribution >= 4 is 29.0 Å². The predicted molar refractivity (Wildman–Crippen MR) is 121 cm³/mol. The molecule has 32 heavy (non-hydrogen) atoms. The maximum Gasteiger partial charge on any atom is 0.339 e. The minimum absolute atomic E-state index is 0.155. The minimum Gasteiger partial charge on any atom is -0.456 e. The van der Waals surface area contributed by atoms with Gasteiger partial charge in [0.15, 0.2) is 5.78 Å². The topological polar surface area (TPSA) is 77.7 Å². The highest BCUT2D eigenvalue weighted by molar-refractivity contribution is 6.30. The quantitative estimate of drug-likeness (QED) is 0.332. The van der Waals surface area contributed by atoms with Crippen LogP contribution in [0.4, 0.5) is 0 Å². The van der Waals surface area contributed by atoms with Crippen LogP contribution in [0.5, 0.6) is 0 Å². The lowest BCUT2D eigenvalue weighted by molar-refractivity contribution is 0.0465. The average Bonchev–Trinajstić information content (AvgIpc) is 2.79. The Hall–Kier alpha value is -3.77. The highest BCUT2D eigenvalue weighted by atomic mass is 35.5. The van der Waals surface area contributed by atoms with E-state index in [9.17, 15) is 14.4 Å². The molecule has 0 saturated carbocycles. The number of rotatable bonds is 5. The van der Waals surface area contributed by atoms with Gasteiger partial charge in [0.05, 0.1) is 16.3 Å². The minimum atomic E-state index is -0.669. The van der Waals surface area contributed by atoms with E-state index >= 15 is 0 Å². The highest BCUT2D eigenvalue weighted by Crippen LogP contribution is 2.20. The number of fused-ring (bicyclic) bond motifs is 1. The summed E-state index contributed by atoms with van der Waals surface area (Å²) in [5, 5.41) is 0.408. The predicted octanol–water partition coefficient (Wildman–Crippen LogP) is 4.55. The molecule has 2 aromatic carbocycles. The van der Waals surface area contributed by atoms with Gasteiger partial charge < -0.3 is 4.74 Å². The van der Waals surface area contributed by atoms with Crippen molar-refractivity contribution in [3.63, 3.8) is 0 Å². The largest absolute Gasteiger partial charge is 0.456 e. The number of ether oxygens (including phenoxy) is 1. The SMILES string of the molecule is Cc1ccc(C)c(C(=O)c2ccccc2C(=O)OCc2cc(=O)n3cc(Cl)ccc3n2)c1. The summed E-state index contributed by atoms with van der Waals surface area (Å²) in [6, 6.07) is 16.6. The number of carbonyl (C=O) groups excluding carboxylic acids is 2. The summed E-state index contributed by atoms with van der Waals surface area (Å²) in [6.07, 6.45) is 1.47. The normalized spacial score (nSPS) is 10.8. The number of aromatic nitrogens is 2. The van der Waals surface area contributed by atoms with Crippen LogP contribution >= 0.6 is 11.6 Å². The number of ketones is 1. The summed E-state index contributed by atoms with van der Waals surface area (Å²) in [4.78, 5) is 42.6. The van der Waals surface area contributed by atoms with Gasteiger partial charge in [-0.05, 0) is 43.7 Å². The van der Waals surface area contributed by atoms with Gasteiger partial charge in [0, 0.05) is 23.4 Å². The lowest BCUT2D eigenvalue weighted by Gasteiger charge is -2.11. The smallest absolute Gasteiger partial charge is 0.339 e. The zero-order valence-corrected chi connectivity index (χ0v) is 18.2. The first kappa shape index (κ1) is 21.5. The lowest BCUT2D eigenvalue weighted by Crippen LogP contribution is -2.17. The monoisotopic (exact) mass is 446 g/mol. The Bertz CT molecular complexity index is 1430. The van der Waals surface area contributed by atoms with Gasteiger partial charge in [-0.1, -0.05) is 47.5 Å². The summed E-state index contributed by atoms with van der Waals surface area (Å²) in [5.74, 6) is -0.921. The molecule has 0 atom stereocenters. The molecule has 0 amide bonds. The molecule has 0 unspecified atom stereocenters. The van der Waals surface area contributed by atoms with E-state index in [1.165, 1.54) is 16.7 Å². The number of carbonyl (C=O) groups is 2. The van der Waals surface area contributed by atoms with Gasteiger partial charge in [-0.2, -0.15) is 0 Å². The van der Waals surface area contributed by atoms with E-state index in [4.69, 9.17) is 16.3 Å². The Kier molecular flexibility index (Phi) is 5.88. The van der Waals surface area contributed by atoms with E-state index in [1.54, 1.807) is 42.5 Å². The third-order valence-corrected chi connectivity index (χ3v) is 5.28. The molecule has 7 heteroatoms.